The number of aryl methyl sites for hydroxylation is 1. The molecule has 0 bridgehead atoms. The van der Waals surface area contributed by atoms with Crippen LogP contribution in [0.3, 0.4) is 0 Å². The number of hydrogen-bond acceptors (Lipinski definition) is 4. The number of aliphatic hydroxyl groups excluding tert-OH is 1. The maximum atomic E-state index is 11.7. The first kappa shape index (κ1) is 13.7. The monoisotopic (exact) mass is 240 g/mol. The summed E-state index contributed by atoms with van der Waals surface area (Å²) in [5.41, 5.74) is 6.49. The molecule has 17 heavy (non-hydrogen) atoms. The molecule has 1 heterocycles. The highest BCUT2D eigenvalue weighted by Crippen LogP contribution is 2.08. The van der Waals surface area contributed by atoms with Crippen molar-refractivity contribution >= 4 is 5.91 Å². The van der Waals surface area contributed by atoms with Gasteiger partial charge in [0.1, 0.15) is 6.04 Å². The lowest BCUT2D eigenvalue weighted by atomic mass is 10.1. The molecule has 4 N–H and O–H groups in total. The fraction of sp³-hybridized carbons (Fsp3) is 0.636. The molecule has 0 saturated heterocycles. The summed E-state index contributed by atoms with van der Waals surface area (Å²) < 4.78 is 1.61. The molecule has 6 nitrogen and oxygen atoms in total. The predicted octanol–water partition coefficient (Wildman–Crippen LogP) is -0.445. The minimum Gasteiger partial charge on any atom is -0.396 e. The zero-order chi connectivity index (χ0) is 12.8. The van der Waals surface area contributed by atoms with Gasteiger partial charge in [0.2, 0.25) is 5.91 Å². The second-order valence-electron chi connectivity index (χ2n) is 4.29. The first-order chi connectivity index (χ1) is 8.04. The number of aliphatic hydroxyl groups is 1. The highest BCUT2D eigenvalue weighted by molar-refractivity contribution is 5.82. The summed E-state index contributed by atoms with van der Waals surface area (Å²) in [4.78, 5) is 11.7. The zero-order valence-corrected chi connectivity index (χ0v) is 10.3. The molecule has 96 valence electrons. The van der Waals surface area contributed by atoms with Gasteiger partial charge in [0, 0.05) is 32.0 Å². The van der Waals surface area contributed by atoms with E-state index in [9.17, 15) is 4.79 Å². The van der Waals surface area contributed by atoms with Gasteiger partial charge in [-0.1, -0.05) is 6.92 Å². The smallest absolute Gasteiger partial charge is 0.241 e. The molecule has 0 radical (unpaired) electrons. The Morgan fingerprint density at radius 1 is 1.71 bits per heavy atom. The normalized spacial score (nSPS) is 14.4. The number of nitrogens with zero attached hydrogens (tertiary/aromatic N) is 2. The van der Waals surface area contributed by atoms with E-state index in [1.807, 2.05) is 6.92 Å². The van der Waals surface area contributed by atoms with Gasteiger partial charge in [-0.2, -0.15) is 5.10 Å². The van der Waals surface area contributed by atoms with Crippen molar-refractivity contribution in [2.24, 2.45) is 18.7 Å². The van der Waals surface area contributed by atoms with Crippen molar-refractivity contribution in [3.63, 3.8) is 0 Å². The Morgan fingerprint density at radius 2 is 2.41 bits per heavy atom. The third-order valence-electron chi connectivity index (χ3n) is 2.61. The van der Waals surface area contributed by atoms with Crippen LogP contribution in [-0.4, -0.2) is 33.9 Å². The van der Waals surface area contributed by atoms with E-state index in [4.69, 9.17) is 10.8 Å². The van der Waals surface area contributed by atoms with Crippen LogP contribution in [0.4, 0.5) is 0 Å². The summed E-state index contributed by atoms with van der Waals surface area (Å²) in [6, 6.07) is -0.690. The summed E-state index contributed by atoms with van der Waals surface area (Å²) >= 11 is 0. The van der Waals surface area contributed by atoms with Crippen molar-refractivity contribution < 1.29 is 9.90 Å². The second-order valence-corrected chi connectivity index (χ2v) is 4.29. The van der Waals surface area contributed by atoms with Gasteiger partial charge in [-0.05, 0) is 12.3 Å². The third kappa shape index (κ3) is 4.16. The molecule has 0 aromatic carbocycles. The van der Waals surface area contributed by atoms with E-state index in [1.54, 1.807) is 24.1 Å². The minimum atomic E-state index is -0.690. The van der Waals surface area contributed by atoms with Gasteiger partial charge in [0.05, 0.1) is 6.20 Å². The van der Waals surface area contributed by atoms with Crippen molar-refractivity contribution in [3.05, 3.63) is 18.0 Å². The molecule has 0 aliphatic carbocycles. The quantitative estimate of drug-likeness (QED) is 0.628. The minimum absolute atomic E-state index is 0.131. The molecule has 0 fully saturated rings. The van der Waals surface area contributed by atoms with Crippen molar-refractivity contribution in [1.82, 2.24) is 15.1 Å². The number of amides is 1. The standard InChI is InChI=1S/C11H20N4O2/c1-8(3-4-16)5-13-11(17)10(12)9-6-14-15(2)7-9/h6-8,10,16H,3-5,12H2,1-2H3,(H,13,17). The van der Waals surface area contributed by atoms with Gasteiger partial charge < -0.3 is 16.2 Å². The summed E-state index contributed by atoms with van der Waals surface area (Å²) in [6.07, 6.45) is 3.98. The van der Waals surface area contributed by atoms with Crippen molar-refractivity contribution in [2.75, 3.05) is 13.2 Å². The van der Waals surface area contributed by atoms with Gasteiger partial charge in [-0.3, -0.25) is 9.48 Å². The lowest BCUT2D eigenvalue weighted by molar-refractivity contribution is -0.122. The molecule has 6 heteroatoms. The first-order valence-corrected chi connectivity index (χ1v) is 5.67. The van der Waals surface area contributed by atoms with Gasteiger partial charge in [0.15, 0.2) is 0 Å². The van der Waals surface area contributed by atoms with Crippen LogP contribution in [0.1, 0.15) is 24.9 Å². The Morgan fingerprint density at radius 3 is 2.94 bits per heavy atom. The van der Waals surface area contributed by atoms with Crippen molar-refractivity contribution in [2.45, 2.75) is 19.4 Å². The Kier molecular flexibility index (Phi) is 5.11. The number of nitrogens with one attached hydrogen (secondary N) is 1. The molecule has 0 aliphatic rings. The molecular formula is C11H20N4O2. The van der Waals surface area contributed by atoms with E-state index in [1.165, 1.54) is 0 Å². The summed E-state index contributed by atoms with van der Waals surface area (Å²) in [6.45, 7) is 2.62. The maximum Gasteiger partial charge on any atom is 0.241 e. The van der Waals surface area contributed by atoms with E-state index in [0.29, 0.717) is 18.5 Å². The number of rotatable bonds is 6. The van der Waals surface area contributed by atoms with Crippen molar-refractivity contribution in [3.8, 4) is 0 Å². The number of hydrogen-bond donors (Lipinski definition) is 3. The SMILES string of the molecule is CC(CCO)CNC(=O)C(N)c1cnn(C)c1. The molecule has 1 amide bonds. The number of carbonyl (C=O) groups excluding carboxylic acids is 1. The average molecular weight is 240 g/mol. The molecule has 1 aromatic rings. The molecule has 0 spiro atoms. The number of nitrogens with two attached hydrogens (primary N) is 1. The number of carbonyl (C=O) groups is 1. The molecular weight excluding hydrogens is 220 g/mol. The van der Waals surface area contributed by atoms with Crippen molar-refractivity contribution in [1.29, 1.82) is 0 Å². The lowest BCUT2D eigenvalue weighted by Crippen LogP contribution is -2.36. The van der Waals surface area contributed by atoms with Crippen LogP contribution in [0.15, 0.2) is 12.4 Å². The topological polar surface area (TPSA) is 93.2 Å². The van der Waals surface area contributed by atoms with Crippen LogP contribution >= 0.6 is 0 Å². The fourth-order valence-corrected chi connectivity index (χ4v) is 1.46. The van der Waals surface area contributed by atoms with Crippen LogP contribution in [0.5, 0.6) is 0 Å². The third-order valence-corrected chi connectivity index (χ3v) is 2.61. The Bertz CT molecular complexity index is 364. The Balaban J connectivity index is 2.42. The summed E-state index contributed by atoms with van der Waals surface area (Å²) in [5, 5.41) is 15.5. The molecule has 0 aliphatic heterocycles. The van der Waals surface area contributed by atoms with E-state index >= 15 is 0 Å². The van der Waals surface area contributed by atoms with E-state index in [2.05, 4.69) is 10.4 Å². The highest BCUT2D eigenvalue weighted by Gasteiger charge is 2.17. The van der Waals surface area contributed by atoms with Crippen LogP contribution in [0.25, 0.3) is 0 Å². The van der Waals surface area contributed by atoms with Gasteiger partial charge in [-0.25, -0.2) is 0 Å². The summed E-state index contributed by atoms with van der Waals surface area (Å²) in [7, 11) is 1.78. The van der Waals surface area contributed by atoms with Gasteiger partial charge in [-0.15, -0.1) is 0 Å². The highest BCUT2D eigenvalue weighted by atomic mass is 16.3. The van der Waals surface area contributed by atoms with Crippen LogP contribution in [0.2, 0.25) is 0 Å². The first-order valence-electron chi connectivity index (χ1n) is 5.67. The Labute approximate surface area is 101 Å². The molecule has 2 unspecified atom stereocenters. The molecule has 1 aromatic heterocycles. The molecule has 0 saturated carbocycles. The molecule has 2 atom stereocenters. The number of aromatic nitrogens is 2. The van der Waals surface area contributed by atoms with Gasteiger partial charge >= 0.3 is 0 Å². The van der Waals surface area contributed by atoms with Crippen LogP contribution < -0.4 is 11.1 Å². The van der Waals surface area contributed by atoms with Gasteiger partial charge in [0.25, 0.3) is 0 Å². The Hall–Kier alpha value is -1.40. The van der Waals surface area contributed by atoms with Crippen LogP contribution in [-0.2, 0) is 11.8 Å². The fourth-order valence-electron chi connectivity index (χ4n) is 1.46. The lowest BCUT2D eigenvalue weighted by Gasteiger charge is -2.14. The van der Waals surface area contributed by atoms with Crippen LogP contribution in [0, 0.1) is 5.92 Å². The predicted molar refractivity (Wildman–Crippen MR) is 64.0 cm³/mol. The van der Waals surface area contributed by atoms with E-state index < -0.39 is 6.04 Å². The average Bonchev–Trinajstić information content (AvgIpc) is 2.72. The second kappa shape index (κ2) is 6.36. The summed E-state index contributed by atoms with van der Waals surface area (Å²) in [5.74, 6) is 0.0211. The van der Waals surface area contributed by atoms with E-state index in [-0.39, 0.29) is 18.4 Å². The van der Waals surface area contributed by atoms with E-state index in [0.717, 1.165) is 0 Å². The molecule has 1 rings (SSSR count). The maximum absolute atomic E-state index is 11.7. The largest absolute Gasteiger partial charge is 0.396 e. The zero-order valence-electron chi connectivity index (χ0n) is 10.3.